The molecule has 1 aromatic carbocycles. The van der Waals surface area contributed by atoms with Crippen molar-refractivity contribution < 1.29 is 9.23 Å². The molecule has 0 spiro atoms. The second-order valence-corrected chi connectivity index (χ2v) is 4.52. The number of hydrogen-bond acceptors (Lipinski definition) is 2. The number of oxime groups is 1. The smallest absolute Gasteiger partial charge is 0.136 e. The zero-order chi connectivity index (χ0) is 11.0. The van der Waals surface area contributed by atoms with Gasteiger partial charge >= 0.3 is 0 Å². The van der Waals surface area contributed by atoms with Gasteiger partial charge in [-0.3, -0.25) is 0 Å². The van der Waals surface area contributed by atoms with E-state index < -0.39 is 0 Å². The van der Waals surface area contributed by atoms with Crippen LogP contribution >= 0.6 is 0 Å². The lowest BCUT2D eigenvalue weighted by Gasteiger charge is -2.23. The molecular formula is C13H14FNO. The highest BCUT2D eigenvalue weighted by atomic mass is 19.1. The molecule has 1 aromatic rings. The van der Waals surface area contributed by atoms with Crippen molar-refractivity contribution in [2.75, 3.05) is 0 Å². The summed E-state index contributed by atoms with van der Waals surface area (Å²) >= 11 is 0. The fourth-order valence-electron chi connectivity index (χ4n) is 2.62. The maximum absolute atomic E-state index is 12.8. The minimum Gasteiger partial charge on any atom is -0.392 e. The largest absolute Gasteiger partial charge is 0.392 e. The molecule has 16 heavy (non-hydrogen) atoms. The predicted octanol–water partition coefficient (Wildman–Crippen LogP) is 3.12. The second-order valence-electron chi connectivity index (χ2n) is 4.52. The SMILES string of the molecule is Fc1ccc(C2=NO[C@@H]3CCCC[C@H]23)cc1. The van der Waals surface area contributed by atoms with Crippen molar-refractivity contribution in [2.45, 2.75) is 31.8 Å². The van der Waals surface area contributed by atoms with Crippen molar-refractivity contribution in [1.29, 1.82) is 0 Å². The van der Waals surface area contributed by atoms with Gasteiger partial charge in [-0.15, -0.1) is 0 Å². The summed E-state index contributed by atoms with van der Waals surface area (Å²) in [5.41, 5.74) is 2.00. The van der Waals surface area contributed by atoms with Crippen molar-refractivity contribution in [2.24, 2.45) is 11.1 Å². The van der Waals surface area contributed by atoms with E-state index in [0.717, 1.165) is 24.1 Å². The Kier molecular flexibility index (Phi) is 2.39. The van der Waals surface area contributed by atoms with Crippen molar-refractivity contribution in [1.82, 2.24) is 0 Å². The Morgan fingerprint density at radius 3 is 2.69 bits per heavy atom. The van der Waals surface area contributed by atoms with Crippen LogP contribution in [0.15, 0.2) is 29.4 Å². The summed E-state index contributed by atoms with van der Waals surface area (Å²) in [6, 6.07) is 6.53. The van der Waals surface area contributed by atoms with Gasteiger partial charge in [-0.05, 0) is 37.0 Å². The van der Waals surface area contributed by atoms with Gasteiger partial charge in [-0.2, -0.15) is 0 Å². The number of rotatable bonds is 1. The summed E-state index contributed by atoms with van der Waals surface area (Å²) < 4.78 is 12.8. The maximum Gasteiger partial charge on any atom is 0.136 e. The standard InChI is InChI=1S/C13H14FNO/c14-10-7-5-9(6-8-10)13-11-3-1-2-4-12(11)16-15-13/h5-8,11-12H,1-4H2/t11-,12+/m0/s1. The third kappa shape index (κ3) is 1.60. The van der Waals surface area contributed by atoms with Crippen molar-refractivity contribution in [3.8, 4) is 0 Å². The van der Waals surface area contributed by atoms with E-state index in [1.165, 1.54) is 25.0 Å². The molecule has 0 N–H and O–H groups in total. The van der Waals surface area contributed by atoms with Crippen LogP contribution in [-0.4, -0.2) is 11.8 Å². The van der Waals surface area contributed by atoms with E-state index >= 15 is 0 Å². The third-order valence-corrected chi connectivity index (χ3v) is 3.48. The summed E-state index contributed by atoms with van der Waals surface area (Å²) in [4.78, 5) is 5.45. The summed E-state index contributed by atoms with van der Waals surface area (Å²) in [5.74, 6) is 0.211. The molecule has 3 rings (SSSR count). The molecule has 0 unspecified atom stereocenters. The lowest BCUT2D eigenvalue weighted by Crippen LogP contribution is -2.27. The van der Waals surface area contributed by atoms with Gasteiger partial charge < -0.3 is 4.84 Å². The summed E-state index contributed by atoms with van der Waals surface area (Å²) in [7, 11) is 0. The van der Waals surface area contributed by atoms with Gasteiger partial charge in [0.1, 0.15) is 11.9 Å². The quantitative estimate of drug-likeness (QED) is 0.711. The van der Waals surface area contributed by atoms with Crippen LogP contribution in [0.1, 0.15) is 31.2 Å². The monoisotopic (exact) mass is 219 g/mol. The molecular weight excluding hydrogens is 205 g/mol. The average molecular weight is 219 g/mol. The Bertz CT molecular complexity index is 412. The van der Waals surface area contributed by atoms with Crippen LogP contribution in [0.4, 0.5) is 4.39 Å². The highest BCUT2D eigenvalue weighted by Gasteiger charge is 2.36. The first-order chi connectivity index (χ1) is 7.84. The molecule has 0 saturated heterocycles. The summed E-state index contributed by atoms with van der Waals surface area (Å²) in [6.07, 6.45) is 4.96. The molecule has 1 fully saturated rings. The van der Waals surface area contributed by atoms with Gasteiger partial charge in [0.25, 0.3) is 0 Å². The lowest BCUT2D eigenvalue weighted by molar-refractivity contribution is 0.0397. The molecule has 2 nitrogen and oxygen atoms in total. The molecule has 2 aliphatic rings. The number of halogens is 1. The fraction of sp³-hybridized carbons (Fsp3) is 0.462. The third-order valence-electron chi connectivity index (χ3n) is 3.48. The van der Waals surface area contributed by atoms with Crippen LogP contribution in [0.3, 0.4) is 0 Å². The van der Waals surface area contributed by atoms with Gasteiger partial charge in [-0.25, -0.2) is 4.39 Å². The first kappa shape index (κ1) is 9.82. The lowest BCUT2D eigenvalue weighted by atomic mass is 9.82. The molecule has 0 bridgehead atoms. The first-order valence-electron chi connectivity index (χ1n) is 5.84. The van der Waals surface area contributed by atoms with Crippen molar-refractivity contribution in [3.05, 3.63) is 35.6 Å². The van der Waals surface area contributed by atoms with E-state index in [2.05, 4.69) is 5.16 Å². The van der Waals surface area contributed by atoms with Crippen LogP contribution in [0, 0.1) is 11.7 Å². The van der Waals surface area contributed by atoms with Crippen LogP contribution in [0.5, 0.6) is 0 Å². The van der Waals surface area contributed by atoms with E-state index in [1.807, 2.05) is 0 Å². The van der Waals surface area contributed by atoms with Gasteiger partial charge in [-0.1, -0.05) is 23.7 Å². The molecule has 1 heterocycles. The van der Waals surface area contributed by atoms with E-state index in [4.69, 9.17) is 4.84 Å². The number of fused-ring (bicyclic) bond motifs is 1. The predicted molar refractivity (Wildman–Crippen MR) is 59.8 cm³/mol. The zero-order valence-electron chi connectivity index (χ0n) is 9.03. The van der Waals surface area contributed by atoms with Crippen LogP contribution in [0.25, 0.3) is 0 Å². The zero-order valence-corrected chi connectivity index (χ0v) is 9.03. The Morgan fingerprint density at radius 1 is 1.12 bits per heavy atom. The summed E-state index contributed by atoms with van der Waals surface area (Å²) in [6.45, 7) is 0. The van der Waals surface area contributed by atoms with Crippen molar-refractivity contribution in [3.63, 3.8) is 0 Å². The van der Waals surface area contributed by atoms with E-state index in [-0.39, 0.29) is 11.9 Å². The molecule has 3 heteroatoms. The fourth-order valence-corrected chi connectivity index (χ4v) is 2.62. The van der Waals surface area contributed by atoms with Gasteiger partial charge in [0.15, 0.2) is 0 Å². The first-order valence-corrected chi connectivity index (χ1v) is 5.84. The molecule has 0 amide bonds. The Hall–Kier alpha value is -1.38. The Balaban J connectivity index is 1.87. The van der Waals surface area contributed by atoms with E-state index in [0.29, 0.717) is 5.92 Å². The normalized spacial score (nSPS) is 28.2. The highest BCUT2D eigenvalue weighted by Crippen LogP contribution is 2.34. The van der Waals surface area contributed by atoms with Crippen LogP contribution in [-0.2, 0) is 4.84 Å². The number of benzene rings is 1. The van der Waals surface area contributed by atoms with Gasteiger partial charge in [0.2, 0.25) is 0 Å². The summed E-state index contributed by atoms with van der Waals surface area (Å²) in [5, 5.41) is 4.17. The molecule has 2 atom stereocenters. The number of hydrogen-bond donors (Lipinski definition) is 0. The Morgan fingerprint density at radius 2 is 1.88 bits per heavy atom. The molecule has 1 aliphatic heterocycles. The molecule has 0 aromatic heterocycles. The average Bonchev–Trinajstić information content (AvgIpc) is 2.74. The molecule has 1 aliphatic carbocycles. The van der Waals surface area contributed by atoms with Crippen molar-refractivity contribution >= 4 is 5.71 Å². The molecule has 1 saturated carbocycles. The van der Waals surface area contributed by atoms with Crippen LogP contribution < -0.4 is 0 Å². The maximum atomic E-state index is 12.8. The minimum absolute atomic E-state index is 0.205. The second kappa shape index (κ2) is 3.89. The van der Waals surface area contributed by atoms with Gasteiger partial charge in [0.05, 0.1) is 5.71 Å². The minimum atomic E-state index is -0.205. The Labute approximate surface area is 94.1 Å². The van der Waals surface area contributed by atoms with E-state index in [9.17, 15) is 4.39 Å². The topological polar surface area (TPSA) is 21.6 Å². The van der Waals surface area contributed by atoms with E-state index in [1.54, 1.807) is 12.1 Å². The molecule has 0 radical (unpaired) electrons. The number of nitrogens with zero attached hydrogens (tertiary/aromatic N) is 1. The highest BCUT2D eigenvalue weighted by molar-refractivity contribution is 6.03. The van der Waals surface area contributed by atoms with Crippen LogP contribution in [0.2, 0.25) is 0 Å². The molecule has 84 valence electrons. The van der Waals surface area contributed by atoms with Gasteiger partial charge in [0, 0.05) is 5.92 Å².